The number of benzene rings is 1. The first-order valence-corrected chi connectivity index (χ1v) is 10.5. The van der Waals surface area contributed by atoms with E-state index in [0.29, 0.717) is 17.7 Å². The molecule has 0 amide bonds. The summed E-state index contributed by atoms with van der Waals surface area (Å²) in [5.74, 6) is 0. The Balaban J connectivity index is 1.94. The van der Waals surface area contributed by atoms with Crippen LogP contribution in [0, 0.1) is 0 Å². The van der Waals surface area contributed by atoms with Gasteiger partial charge in [-0.2, -0.15) is 0 Å². The van der Waals surface area contributed by atoms with Crippen molar-refractivity contribution >= 4 is 48.8 Å². The van der Waals surface area contributed by atoms with Gasteiger partial charge in [-0.3, -0.25) is 0 Å². The summed E-state index contributed by atoms with van der Waals surface area (Å²) in [7, 11) is -9.61. The molecule has 124 valence electrons. The van der Waals surface area contributed by atoms with Gasteiger partial charge in [0.1, 0.15) is 4.90 Å². The standard InChI is InChI=1S/C14H8BrF5S3/c15-14-8-7-13(22-14)12-6-5-11(21-12)9-1-3-10(4-2-9)23(16,17,18,19)20/h1-8H. The lowest BCUT2D eigenvalue weighted by Crippen LogP contribution is -2.05. The zero-order valence-electron chi connectivity index (χ0n) is 11.1. The molecule has 1 aromatic carbocycles. The monoisotopic (exact) mass is 446 g/mol. The second kappa shape index (κ2) is 4.81. The SMILES string of the molecule is FS(F)(F)(F)(F)c1ccc(-c2ccc(-c3ccc(Br)s3)s2)cc1. The highest BCUT2D eigenvalue weighted by Gasteiger charge is 2.65. The van der Waals surface area contributed by atoms with Gasteiger partial charge in [-0.25, -0.2) is 0 Å². The smallest absolute Gasteiger partial charge is 0.134 e. The fraction of sp³-hybridized carbons (Fsp3) is 0. The van der Waals surface area contributed by atoms with Crippen molar-refractivity contribution in [3.63, 3.8) is 0 Å². The van der Waals surface area contributed by atoms with Crippen LogP contribution in [0.25, 0.3) is 20.2 Å². The van der Waals surface area contributed by atoms with E-state index in [1.165, 1.54) is 22.7 Å². The summed E-state index contributed by atoms with van der Waals surface area (Å²) < 4.78 is 64.5. The fourth-order valence-electron chi connectivity index (χ4n) is 1.95. The number of halogens is 6. The van der Waals surface area contributed by atoms with E-state index in [-0.39, 0.29) is 0 Å². The zero-order chi connectivity index (χ0) is 16.9. The third-order valence-electron chi connectivity index (χ3n) is 3.01. The van der Waals surface area contributed by atoms with E-state index in [1.54, 1.807) is 6.07 Å². The molecule has 0 saturated carbocycles. The predicted molar refractivity (Wildman–Crippen MR) is 92.2 cm³/mol. The third kappa shape index (κ3) is 3.78. The quantitative estimate of drug-likeness (QED) is 0.353. The molecule has 0 aliphatic heterocycles. The second-order valence-corrected chi connectivity index (χ2v) is 10.7. The van der Waals surface area contributed by atoms with Crippen molar-refractivity contribution in [2.24, 2.45) is 0 Å². The molecule has 9 heteroatoms. The van der Waals surface area contributed by atoms with E-state index in [0.717, 1.165) is 30.6 Å². The molecule has 0 saturated heterocycles. The van der Waals surface area contributed by atoms with Crippen LogP contribution in [0.15, 0.2) is 57.2 Å². The van der Waals surface area contributed by atoms with Crippen molar-refractivity contribution in [3.05, 3.63) is 52.3 Å². The predicted octanol–water partition coefficient (Wildman–Crippen LogP) is 8.56. The third-order valence-corrected chi connectivity index (χ3v) is 7.12. The lowest BCUT2D eigenvalue weighted by molar-refractivity contribution is 0.364. The largest absolute Gasteiger partial charge is 0.310 e. The topological polar surface area (TPSA) is 0 Å². The fourth-order valence-corrected chi connectivity index (χ4v) is 5.09. The van der Waals surface area contributed by atoms with Crippen LogP contribution < -0.4 is 0 Å². The molecular formula is C14H8BrF5S3. The van der Waals surface area contributed by atoms with Crippen molar-refractivity contribution in [3.8, 4) is 20.2 Å². The summed E-state index contributed by atoms with van der Waals surface area (Å²) in [5, 5.41) is 0. The Bertz CT molecular complexity index is 862. The maximum Gasteiger partial charge on any atom is 0.310 e. The molecule has 0 atom stereocenters. The Morgan fingerprint density at radius 3 is 1.70 bits per heavy atom. The number of hydrogen-bond donors (Lipinski definition) is 0. The summed E-state index contributed by atoms with van der Waals surface area (Å²) in [4.78, 5) is 0.843. The van der Waals surface area contributed by atoms with Crippen LogP contribution in [0.2, 0.25) is 0 Å². The van der Waals surface area contributed by atoms with Crippen molar-refractivity contribution in [2.45, 2.75) is 4.90 Å². The summed E-state index contributed by atoms with van der Waals surface area (Å²) in [6.45, 7) is 0. The minimum atomic E-state index is -9.61. The lowest BCUT2D eigenvalue weighted by atomic mass is 10.2. The number of rotatable bonds is 3. The first kappa shape index (κ1) is 16.9. The molecule has 3 aromatic rings. The van der Waals surface area contributed by atoms with E-state index in [4.69, 9.17) is 0 Å². The summed E-state index contributed by atoms with van der Waals surface area (Å²) in [6, 6.07) is 10.5. The Labute approximate surface area is 145 Å². The van der Waals surface area contributed by atoms with Crippen LogP contribution in [0.4, 0.5) is 19.4 Å². The van der Waals surface area contributed by atoms with Gasteiger partial charge in [0.25, 0.3) is 0 Å². The van der Waals surface area contributed by atoms with Gasteiger partial charge < -0.3 is 0 Å². The lowest BCUT2D eigenvalue weighted by Gasteiger charge is -2.40. The highest BCUT2D eigenvalue weighted by atomic mass is 79.9. The Hall–Kier alpha value is -0.900. The maximum atomic E-state index is 12.7. The molecule has 0 spiro atoms. The Kier molecular flexibility index (Phi) is 3.54. The van der Waals surface area contributed by atoms with E-state index >= 15 is 0 Å². The molecule has 23 heavy (non-hydrogen) atoms. The first-order valence-electron chi connectivity index (χ1n) is 6.12. The van der Waals surface area contributed by atoms with Crippen LogP contribution in [0.3, 0.4) is 0 Å². The van der Waals surface area contributed by atoms with Gasteiger partial charge in [0.05, 0.1) is 3.79 Å². The average Bonchev–Trinajstić information content (AvgIpc) is 3.05. The first-order chi connectivity index (χ1) is 10.4. The van der Waals surface area contributed by atoms with Gasteiger partial charge in [0.2, 0.25) is 0 Å². The Morgan fingerprint density at radius 1 is 0.652 bits per heavy atom. The molecule has 0 unspecified atom stereocenters. The average molecular weight is 447 g/mol. The second-order valence-electron chi connectivity index (χ2n) is 4.76. The highest BCUT2D eigenvalue weighted by Crippen LogP contribution is 3.02. The van der Waals surface area contributed by atoms with Crippen LogP contribution in [-0.4, -0.2) is 0 Å². The number of thiophene rings is 2. The molecule has 0 nitrogen and oxygen atoms in total. The van der Waals surface area contributed by atoms with Crippen LogP contribution in [0.1, 0.15) is 0 Å². The van der Waals surface area contributed by atoms with E-state index in [1.807, 2.05) is 18.2 Å². The van der Waals surface area contributed by atoms with Gasteiger partial charge in [-0.05, 0) is 57.9 Å². The van der Waals surface area contributed by atoms with Crippen LogP contribution in [-0.2, 0) is 0 Å². The molecule has 3 rings (SSSR count). The molecule has 0 bridgehead atoms. The summed E-state index contributed by atoms with van der Waals surface area (Å²) in [5.41, 5.74) is 0.475. The van der Waals surface area contributed by atoms with Crippen molar-refractivity contribution in [2.75, 3.05) is 0 Å². The minimum absolute atomic E-state index is 0.442. The highest BCUT2D eigenvalue weighted by molar-refractivity contribution is 9.11. The zero-order valence-corrected chi connectivity index (χ0v) is 15.1. The van der Waals surface area contributed by atoms with Crippen LogP contribution >= 0.6 is 48.8 Å². The molecule has 0 radical (unpaired) electrons. The van der Waals surface area contributed by atoms with Crippen LogP contribution in [0.5, 0.6) is 0 Å². The normalized spacial score (nSPS) is 15.2. The van der Waals surface area contributed by atoms with Gasteiger partial charge >= 0.3 is 10.2 Å². The van der Waals surface area contributed by atoms with Gasteiger partial charge in [-0.1, -0.05) is 31.6 Å². The Morgan fingerprint density at radius 2 is 1.17 bits per heavy atom. The maximum absolute atomic E-state index is 12.7. The molecule has 2 aromatic heterocycles. The van der Waals surface area contributed by atoms with Crippen molar-refractivity contribution in [1.82, 2.24) is 0 Å². The number of hydrogen-bond acceptors (Lipinski definition) is 2. The van der Waals surface area contributed by atoms with Gasteiger partial charge in [-0.15, -0.1) is 22.7 Å². The molecule has 0 aliphatic carbocycles. The molecule has 2 heterocycles. The van der Waals surface area contributed by atoms with E-state index < -0.39 is 15.1 Å². The minimum Gasteiger partial charge on any atom is -0.134 e. The molecular weight excluding hydrogens is 439 g/mol. The summed E-state index contributed by atoms with van der Waals surface area (Å²) in [6.07, 6.45) is 0. The molecule has 0 aliphatic rings. The van der Waals surface area contributed by atoms with E-state index in [9.17, 15) is 19.4 Å². The van der Waals surface area contributed by atoms with E-state index in [2.05, 4.69) is 15.9 Å². The van der Waals surface area contributed by atoms with Crippen molar-refractivity contribution < 1.29 is 19.4 Å². The summed E-state index contributed by atoms with van der Waals surface area (Å²) >= 11 is 6.30. The van der Waals surface area contributed by atoms with Gasteiger partial charge in [0.15, 0.2) is 0 Å². The molecule has 0 fully saturated rings. The van der Waals surface area contributed by atoms with Crippen molar-refractivity contribution in [1.29, 1.82) is 0 Å². The molecule has 0 N–H and O–H groups in total. The van der Waals surface area contributed by atoms with Gasteiger partial charge in [0, 0.05) is 14.6 Å².